The summed E-state index contributed by atoms with van der Waals surface area (Å²) in [6.45, 7) is 1.20. The summed E-state index contributed by atoms with van der Waals surface area (Å²) >= 11 is 9.34. The Labute approximate surface area is 119 Å². The molecule has 0 aliphatic carbocycles. The summed E-state index contributed by atoms with van der Waals surface area (Å²) in [5, 5.41) is 3.71. The van der Waals surface area contributed by atoms with Gasteiger partial charge in [-0.05, 0) is 34.1 Å². The van der Waals surface area contributed by atoms with Crippen LogP contribution >= 0.6 is 27.5 Å². The van der Waals surface area contributed by atoms with Crippen LogP contribution in [0.5, 0.6) is 5.75 Å². The van der Waals surface area contributed by atoms with Gasteiger partial charge < -0.3 is 10.1 Å². The van der Waals surface area contributed by atoms with Crippen molar-refractivity contribution >= 4 is 33.3 Å². The quantitative estimate of drug-likeness (QED) is 0.843. The molecule has 0 spiro atoms. The molecule has 2 rings (SSSR count). The van der Waals surface area contributed by atoms with Gasteiger partial charge in [-0.3, -0.25) is 0 Å². The topological polar surface area (TPSA) is 34.2 Å². The average Bonchev–Trinajstić information content (AvgIpc) is 2.38. The lowest BCUT2D eigenvalue weighted by Crippen LogP contribution is -2.12. The maximum atomic E-state index is 6.03. The molecule has 1 aromatic carbocycles. The van der Waals surface area contributed by atoms with Gasteiger partial charge in [0, 0.05) is 10.7 Å². The van der Waals surface area contributed by atoms with Crippen LogP contribution in [-0.2, 0) is 0 Å². The Morgan fingerprint density at radius 3 is 2.78 bits per heavy atom. The van der Waals surface area contributed by atoms with E-state index < -0.39 is 0 Å². The normalized spacial score (nSPS) is 10.1. The molecule has 2 aromatic rings. The van der Waals surface area contributed by atoms with Crippen LogP contribution < -0.4 is 10.1 Å². The van der Waals surface area contributed by atoms with Crippen molar-refractivity contribution in [2.75, 3.05) is 18.5 Å². The maximum absolute atomic E-state index is 6.03. The van der Waals surface area contributed by atoms with Crippen molar-refractivity contribution in [3.8, 4) is 5.75 Å². The highest BCUT2D eigenvalue weighted by molar-refractivity contribution is 9.10. The van der Waals surface area contributed by atoms with E-state index in [2.05, 4.69) is 26.2 Å². The number of pyridine rings is 1. The van der Waals surface area contributed by atoms with Crippen LogP contribution in [-0.4, -0.2) is 18.1 Å². The van der Waals surface area contributed by atoms with Crippen LogP contribution in [0.3, 0.4) is 0 Å². The van der Waals surface area contributed by atoms with Gasteiger partial charge in [0.05, 0.1) is 11.6 Å². The SMILES string of the molecule is Clc1cc(Br)cnc1NCCOc1ccccc1. The Bertz CT molecular complexity index is 508. The van der Waals surface area contributed by atoms with Gasteiger partial charge in [0.15, 0.2) is 0 Å². The molecule has 0 saturated heterocycles. The molecular weight excluding hydrogens is 316 g/mol. The lowest BCUT2D eigenvalue weighted by atomic mass is 10.3. The first-order valence-corrected chi connectivity index (χ1v) is 6.65. The lowest BCUT2D eigenvalue weighted by Gasteiger charge is -2.09. The monoisotopic (exact) mass is 326 g/mol. The summed E-state index contributed by atoms with van der Waals surface area (Å²) in [5.74, 6) is 1.52. The highest BCUT2D eigenvalue weighted by Gasteiger charge is 2.01. The number of ether oxygens (including phenoxy) is 1. The van der Waals surface area contributed by atoms with Crippen LogP contribution in [0.25, 0.3) is 0 Å². The van der Waals surface area contributed by atoms with E-state index in [0.717, 1.165) is 10.2 Å². The molecule has 0 aliphatic heterocycles. The van der Waals surface area contributed by atoms with E-state index >= 15 is 0 Å². The van der Waals surface area contributed by atoms with E-state index in [9.17, 15) is 0 Å². The van der Waals surface area contributed by atoms with E-state index in [0.29, 0.717) is 24.0 Å². The predicted octanol–water partition coefficient (Wildman–Crippen LogP) is 3.99. The van der Waals surface area contributed by atoms with E-state index in [4.69, 9.17) is 16.3 Å². The molecule has 0 atom stereocenters. The zero-order chi connectivity index (χ0) is 12.8. The molecule has 0 bridgehead atoms. The zero-order valence-corrected chi connectivity index (χ0v) is 11.9. The van der Waals surface area contributed by atoms with E-state index in [1.165, 1.54) is 0 Å². The van der Waals surface area contributed by atoms with Gasteiger partial charge in [-0.2, -0.15) is 0 Å². The number of nitrogens with zero attached hydrogens (tertiary/aromatic N) is 1. The number of rotatable bonds is 5. The number of hydrogen-bond donors (Lipinski definition) is 1. The third kappa shape index (κ3) is 3.89. The second kappa shape index (κ2) is 6.61. The van der Waals surface area contributed by atoms with Crippen molar-refractivity contribution in [2.45, 2.75) is 0 Å². The number of para-hydroxylation sites is 1. The fraction of sp³-hybridized carbons (Fsp3) is 0.154. The van der Waals surface area contributed by atoms with Gasteiger partial charge in [0.1, 0.15) is 18.2 Å². The number of nitrogens with one attached hydrogen (secondary N) is 1. The number of benzene rings is 1. The highest BCUT2D eigenvalue weighted by Crippen LogP contribution is 2.22. The molecule has 94 valence electrons. The van der Waals surface area contributed by atoms with Gasteiger partial charge in [0.25, 0.3) is 0 Å². The molecule has 5 heteroatoms. The molecule has 3 nitrogen and oxygen atoms in total. The van der Waals surface area contributed by atoms with E-state index in [1.54, 1.807) is 12.3 Å². The smallest absolute Gasteiger partial charge is 0.144 e. The fourth-order valence-corrected chi connectivity index (χ4v) is 2.10. The minimum absolute atomic E-state index is 0.554. The largest absolute Gasteiger partial charge is 0.492 e. The number of hydrogen-bond acceptors (Lipinski definition) is 3. The fourth-order valence-electron chi connectivity index (χ4n) is 1.40. The van der Waals surface area contributed by atoms with Crippen LogP contribution in [0.1, 0.15) is 0 Å². The summed E-state index contributed by atoms with van der Waals surface area (Å²) in [4.78, 5) is 4.18. The van der Waals surface area contributed by atoms with Crippen LogP contribution in [0.4, 0.5) is 5.82 Å². The summed E-state index contributed by atoms with van der Waals surface area (Å²) in [6.07, 6.45) is 1.70. The van der Waals surface area contributed by atoms with Crippen LogP contribution in [0.15, 0.2) is 47.1 Å². The van der Waals surface area contributed by atoms with Gasteiger partial charge in [0.2, 0.25) is 0 Å². The van der Waals surface area contributed by atoms with Gasteiger partial charge in [-0.25, -0.2) is 4.98 Å². The van der Waals surface area contributed by atoms with E-state index in [-0.39, 0.29) is 0 Å². The predicted molar refractivity (Wildman–Crippen MR) is 77.4 cm³/mol. The first kappa shape index (κ1) is 13.2. The lowest BCUT2D eigenvalue weighted by molar-refractivity contribution is 0.333. The Balaban J connectivity index is 1.79. The summed E-state index contributed by atoms with van der Waals surface area (Å²) < 4.78 is 6.41. The highest BCUT2D eigenvalue weighted by atomic mass is 79.9. The van der Waals surface area contributed by atoms with Crippen molar-refractivity contribution in [1.82, 2.24) is 4.98 Å². The maximum Gasteiger partial charge on any atom is 0.144 e. The Hall–Kier alpha value is -1.26. The molecule has 1 heterocycles. The molecule has 1 N–H and O–H groups in total. The van der Waals surface area contributed by atoms with Gasteiger partial charge >= 0.3 is 0 Å². The van der Waals surface area contributed by atoms with Crippen molar-refractivity contribution in [3.05, 3.63) is 52.1 Å². The van der Waals surface area contributed by atoms with Crippen molar-refractivity contribution in [1.29, 1.82) is 0 Å². The number of aromatic nitrogens is 1. The first-order chi connectivity index (χ1) is 8.75. The van der Waals surface area contributed by atoms with Crippen molar-refractivity contribution < 1.29 is 4.74 Å². The minimum atomic E-state index is 0.554. The molecular formula is C13H12BrClN2O. The van der Waals surface area contributed by atoms with Gasteiger partial charge in [-0.1, -0.05) is 29.8 Å². The third-order valence-electron chi connectivity index (χ3n) is 2.21. The molecule has 18 heavy (non-hydrogen) atoms. The Kier molecular flexibility index (Phi) is 4.84. The Morgan fingerprint density at radius 2 is 2.06 bits per heavy atom. The standard InChI is InChI=1S/C13H12BrClN2O/c14-10-8-12(15)13(17-9-10)16-6-7-18-11-4-2-1-3-5-11/h1-5,8-9H,6-7H2,(H,16,17). The summed E-state index contributed by atoms with van der Waals surface area (Å²) in [7, 11) is 0. The molecule has 1 aromatic heterocycles. The number of anilines is 1. The van der Waals surface area contributed by atoms with Gasteiger partial charge in [-0.15, -0.1) is 0 Å². The Morgan fingerprint density at radius 1 is 1.28 bits per heavy atom. The summed E-state index contributed by atoms with van der Waals surface area (Å²) in [6, 6.07) is 11.5. The molecule has 0 unspecified atom stereocenters. The number of halogens is 2. The first-order valence-electron chi connectivity index (χ1n) is 5.48. The van der Waals surface area contributed by atoms with Crippen LogP contribution in [0.2, 0.25) is 5.02 Å². The molecule has 0 saturated carbocycles. The van der Waals surface area contributed by atoms with Crippen LogP contribution in [0, 0.1) is 0 Å². The minimum Gasteiger partial charge on any atom is -0.492 e. The van der Waals surface area contributed by atoms with Crippen molar-refractivity contribution in [2.24, 2.45) is 0 Å². The molecule has 0 radical (unpaired) electrons. The summed E-state index contributed by atoms with van der Waals surface area (Å²) in [5.41, 5.74) is 0. The van der Waals surface area contributed by atoms with Crippen molar-refractivity contribution in [3.63, 3.8) is 0 Å². The third-order valence-corrected chi connectivity index (χ3v) is 2.94. The second-order valence-electron chi connectivity index (χ2n) is 3.57. The molecule has 0 amide bonds. The molecule has 0 aliphatic rings. The molecule has 0 fully saturated rings. The average molecular weight is 328 g/mol. The second-order valence-corrected chi connectivity index (χ2v) is 4.90. The van der Waals surface area contributed by atoms with E-state index in [1.807, 2.05) is 30.3 Å². The zero-order valence-electron chi connectivity index (χ0n) is 9.57.